The number of aliphatic hydroxyl groups is 1. The van der Waals surface area contributed by atoms with Crippen molar-refractivity contribution >= 4 is 5.91 Å². The molecule has 1 rings (SSSR count). The molecule has 5 nitrogen and oxygen atoms in total. The van der Waals surface area contributed by atoms with Crippen molar-refractivity contribution in [2.24, 2.45) is 0 Å². The van der Waals surface area contributed by atoms with Gasteiger partial charge in [-0.15, -0.1) is 0 Å². The van der Waals surface area contributed by atoms with Gasteiger partial charge in [-0.25, -0.2) is 0 Å². The topological polar surface area (TPSA) is 53.0 Å². The lowest BCUT2D eigenvalue weighted by atomic mass is 10.2. The van der Waals surface area contributed by atoms with Crippen molar-refractivity contribution in [2.75, 3.05) is 46.4 Å². The molecule has 1 atom stereocenters. The van der Waals surface area contributed by atoms with Crippen LogP contribution in [0.5, 0.6) is 0 Å². The molecule has 0 aliphatic carbocycles. The molecule has 0 radical (unpaired) electrons. The fourth-order valence-electron chi connectivity index (χ4n) is 1.99. The van der Waals surface area contributed by atoms with Crippen LogP contribution in [-0.4, -0.2) is 73.4 Å². The van der Waals surface area contributed by atoms with E-state index in [1.54, 1.807) is 6.92 Å². The van der Waals surface area contributed by atoms with Gasteiger partial charge >= 0.3 is 0 Å². The summed E-state index contributed by atoms with van der Waals surface area (Å²) in [7, 11) is 2.03. The highest BCUT2D eigenvalue weighted by Crippen LogP contribution is 2.03. The molecule has 106 valence electrons. The number of ether oxygens (including phenoxy) is 1. The minimum absolute atomic E-state index is 0.238. The van der Waals surface area contributed by atoms with Crippen molar-refractivity contribution in [1.82, 2.24) is 9.80 Å². The van der Waals surface area contributed by atoms with Crippen LogP contribution < -0.4 is 0 Å². The predicted molar refractivity (Wildman–Crippen MR) is 70.4 cm³/mol. The lowest BCUT2D eigenvalue weighted by Crippen LogP contribution is -2.40. The molecule has 1 fully saturated rings. The van der Waals surface area contributed by atoms with Crippen LogP contribution in [0.3, 0.4) is 0 Å². The van der Waals surface area contributed by atoms with Crippen molar-refractivity contribution in [2.45, 2.75) is 32.3 Å². The van der Waals surface area contributed by atoms with E-state index in [-0.39, 0.29) is 12.0 Å². The standard InChI is InChI=1S/C13H26N2O3/c1-12(16)5-7-14(2)6-3-4-13(17)15-8-10-18-11-9-15/h12,16H,3-11H2,1-2H3. The Morgan fingerprint density at radius 2 is 2.06 bits per heavy atom. The lowest BCUT2D eigenvalue weighted by Gasteiger charge is -2.27. The van der Waals surface area contributed by atoms with Crippen LogP contribution in [0.25, 0.3) is 0 Å². The van der Waals surface area contributed by atoms with Crippen LogP contribution in [0.15, 0.2) is 0 Å². The third-order valence-corrected chi connectivity index (χ3v) is 3.22. The van der Waals surface area contributed by atoms with Crippen LogP contribution in [0.2, 0.25) is 0 Å². The van der Waals surface area contributed by atoms with Gasteiger partial charge in [-0.05, 0) is 33.4 Å². The molecule has 1 aliphatic rings. The van der Waals surface area contributed by atoms with Crippen LogP contribution in [-0.2, 0) is 9.53 Å². The van der Waals surface area contributed by atoms with Gasteiger partial charge in [-0.2, -0.15) is 0 Å². The van der Waals surface area contributed by atoms with Gasteiger partial charge in [0, 0.05) is 26.1 Å². The molecule has 0 aromatic heterocycles. The Balaban J connectivity index is 2.07. The summed E-state index contributed by atoms with van der Waals surface area (Å²) in [5.41, 5.74) is 0. The first-order valence-electron chi connectivity index (χ1n) is 6.81. The number of aliphatic hydroxyl groups excluding tert-OH is 1. The molecule has 1 saturated heterocycles. The normalized spacial score (nSPS) is 18.1. The van der Waals surface area contributed by atoms with Crippen LogP contribution in [0.4, 0.5) is 0 Å². The summed E-state index contributed by atoms with van der Waals surface area (Å²) in [6.45, 7) is 6.38. The monoisotopic (exact) mass is 258 g/mol. The van der Waals surface area contributed by atoms with Gasteiger partial charge in [0.2, 0.25) is 5.91 Å². The predicted octanol–water partition coefficient (Wildman–Crippen LogP) is 0.328. The average molecular weight is 258 g/mol. The summed E-state index contributed by atoms with van der Waals surface area (Å²) >= 11 is 0. The Kier molecular flexibility index (Phi) is 7.23. The molecule has 1 amide bonds. The van der Waals surface area contributed by atoms with Crippen molar-refractivity contribution in [3.8, 4) is 0 Å². The fraction of sp³-hybridized carbons (Fsp3) is 0.923. The zero-order valence-electron chi connectivity index (χ0n) is 11.6. The van der Waals surface area contributed by atoms with E-state index < -0.39 is 0 Å². The highest BCUT2D eigenvalue weighted by molar-refractivity contribution is 5.76. The number of hydrogen-bond acceptors (Lipinski definition) is 4. The Morgan fingerprint density at radius 3 is 2.67 bits per heavy atom. The zero-order valence-corrected chi connectivity index (χ0v) is 11.6. The lowest BCUT2D eigenvalue weighted by molar-refractivity contribution is -0.135. The molecule has 0 bridgehead atoms. The van der Waals surface area contributed by atoms with Crippen molar-refractivity contribution in [3.63, 3.8) is 0 Å². The Hall–Kier alpha value is -0.650. The van der Waals surface area contributed by atoms with Crippen molar-refractivity contribution in [1.29, 1.82) is 0 Å². The van der Waals surface area contributed by atoms with Crippen molar-refractivity contribution < 1.29 is 14.6 Å². The third kappa shape index (κ3) is 6.33. The van der Waals surface area contributed by atoms with E-state index in [1.165, 1.54) is 0 Å². The average Bonchev–Trinajstić information content (AvgIpc) is 2.37. The number of nitrogens with zero attached hydrogens (tertiary/aromatic N) is 2. The first-order valence-corrected chi connectivity index (χ1v) is 6.81. The minimum Gasteiger partial charge on any atom is -0.393 e. The molecule has 1 aliphatic heterocycles. The van der Waals surface area contributed by atoms with Gasteiger partial charge in [-0.1, -0.05) is 0 Å². The van der Waals surface area contributed by atoms with Gasteiger partial charge in [0.25, 0.3) is 0 Å². The van der Waals surface area contributed by atoms with Gasteiger partial charge in [0.1, 0.15) is 0 Å². The third-order valence-electron chi connectivity index (χ3n) is 3.22. The summed E-state index contributed by atoms with van der Waals surface area (Å²) < 4.78 is 5.22. The second-order valence-corrected chi connectivity index (χ2v) is 5.04. The Bertz CT molecular complexity index is 240. The molecule has 18 heavy (non-hydrogen) atoms. The molecule has 1 heterocycles. The smallest absolute Gasteiger partial charge is 0.222 e. The quantitative estimate of drug-likeness (QED) is 0.715. The summed E-state index contributed by atoms with van der Waals surface area (Å²) in [6.07, 6.45) is 2.03. The molecule has 0 aromatic carbocycles. The maximum atomic E-state index is 11.9. The van der Waals surface area contributed by atoms with E-state index >= 15 is 0 Å². The summed E-state index contributed by atoms with van der Waals surface area (Å²) in [5.74, 6) is 0.238. The van der Waals surface area contributed by atoms with E-state index in [1.807, 2.05) is 11.9 Å². The van der Waals surface area contributed by atoms with E-state index in [2.05, 4.69) is 4.90 Å². The summed E-state index contributed by atoms with van der Waals surface area (Å²) in [6, 6.07) is 0. The molecular weight excluding hydrogens is 232 g/mol. The SMILES string of the molecule is CC(O)CCN(C)CCCC(=O)N1CCOCC1. The van der Waals surface area contributed by atoms with E-state index in [4.69, 9.17) is 4.74 Å². The summed E-state index contributed by atoms with van der Waals surface area (Å²) in [5, 5.41) is 9.19. The summed E-state index contributed by atoms with van der Waals surface area (Å²) in [4.78, 5) is 15.9. The first-order chi connectivity index (χ1) is 8.59. The first kappa shape index (κ1) is 15.4. The number of rotatable bonds is 7. The number of morpholine rings is 1. The molecule has 0 saturated carbocycles. The number of carbonyl (C=O) groups excluding carboxylic acids is 1. The number of hydrogen-bond donors (Lipinski definition) is 1. The van der Waals surface area contributed by atoms with Crippen LogP contribution in [0, 0.1) is 0 Å². The molecule has 0 spiro atoms. The van der Waals surface area contributed by atoms with Crippen LogP contribution in [0.1, 0.15) is 26.2 Å². The number of amides is 1. The second kappa shape index (κ2) is 8.45. The number of carbonyl (C=O) groups is 1. The van der Waals surface area contributed by atoms with Gasteiger partial charge in [0.15, 0.2) is 0 Å². The molecule has 5 heteroatoms. The highest BCUT2D eigenvalue weighted by atomic mass is 16.5. The molecular formula is C13H26N2O3. The zero-order chi connectivity index (χ0) is 13.4. The minimum atomic E-state index is -0.248. The van der Waals surface area contributed by atoms with Crippen molar-refractivity contribution in [3.05, 3.63) is 0 Å². The van der Waals surface area contributed by atoms with Crippen LogP contribution >= 0.6 is 0 Å². The van der Waals surface area contributed by atoms with E-state index in [0.29, 0.717) is 19.6 Å². The molecule has 1 unspecified atom stereocenters. The van der Waals surface area contributed by atoms with Gasteiger partial charge < -0.3 is 19.6 Å². The second-order valence-electron chi connectivity index (χ2n) is 5.04. The fourth-order valence-corrected chi connectivity index (χ4v) is 1.99. The molecule has 0 aromatic rings. The molecule has 1 N–H and O–H groups in total. The largest absolute Gasteiger partial charge is 0.393 e. The highest BCUT2D eigenvalue weighted by Gasteiger charge is 2.16. The van der Waals surface area contributed by atoms with E-state index in [9.17, 15) is 9.90 Å². The Morgan fingerprint density at radius 1 is 1.39 bits per heavy atom. The van der Waals surface area contributed by atoms with Gasteiger partial charge in [0.05, 0.1) is 19.3 Å². The van der Waals surface area contributed by atoms with Gasteiger partial charge in [-0.3, -0.25) is 4.79 Å². The maximum absolute atomic E-state index is 11.9. The maximum Gasteiger partial charge on any atom is 0.222 e. The Labute approximate surface area is 110 Å². The van der Waals surface area contributed by atoms with E-state index in [0.717, 1.165) is 39.0 Å².